The molecule has 0 amide bonds. The Labute approximate surface area is 195 Å². The fourth-order valence-corrected chi connectivity index (χ4v) is 4.25. The number of ether oxygens (including phenoxy) is 1. The summed E-state index contributed by atoms with van der Waals surface area (Å²) >= 11 is 0. The van der Waals surface area contributed by atoms with E-state index in [9.17, 15) is 20.4 Å². The van der Waals surface area contributed by atoms with Crippen LogP contribution in [0.2, 0.25) is 0 Å². The minimum absolute atomic E-state index is 0.369. The van der Waals surface area contributed by atoms with Crippen molar-refractivity contribution in [3.8, 4) is 0 Å². The van der Waals surface area contributed by atoms with Crippen LogP contribution in [-0.4, -0.2) is 64.9 Å². The van der Waals surface area contributed by atoms with Crippen molar-refractivity contribution in [1.82, 2.24) is 19.5 Å². The van der Waals surface area contributed by atoms with Crippen LogP contribution in [0.4, 0.5) is 5.82 Å². The molecule has 0 spiro atoms. The smallest absolute Gasteiger partial charge is 0.167 e. The summed E-state index contributed by atoms with van der Waals surface area (Å²) in [6.45, 7) is -0.431. The van der Waals surface area contributed by atoms with Crippen LogP contribution in [0.3, 0.4) is 0 Å². The van der Waals surface area contributed by atoms with Gasteiger partial charge in [-0.2, -0.15) is 0 Å². The molecule has 0 unspecified atom stereocenters. The molecule has 1 fully saturated rings. The van der Waals surface area contributed by atoms with E-state index in [1.165, 1.54) is 17.2 Å². The van der Waals surface area contributed by atoms with Gasteiger partial charge in [0.1, 0.15) is 30.7 Å². The zero-order valence-electron chi connectivity index (χ0n) is 18.1. The molecule has 1 saturated heterocycles. The molecule has 6 atom stereocenters. The molecule has 0 aliphatic carbocycles. The van der Waals surface area contributed by atoms with Gasteiger partial charge in [-0.3, -0.25) is 4.57 Å². The Hall–Kier alpha value is -3.41. The van der Waals surface area contributed by atoms with Gasteiger partial charge in [0.25, 0.3) is 0 Å². The molecule has 3 heterocycles. The molecule has 2 aromatic heterocycles. The first-order valence-electron chi connectivity index (χ1n) is 10.9. The highest BCUT2D eigenvalue weighted by Gasteiger charge is 2.44. The molecule has 1 aliphatic rings. The Morgan fingerprint density at radius 2 is 1.59 bits per heavy atom. The fourth-order valence-electron chi connectivity index (χ4n) is 4.25. The molecule has 5 N–H and O–H groups in total. The van der Waals surface area contributed by atoms with Crippen molar-refractivity contribution >= 4 is 17.0 Å². The van der Waals surface area contributed by atoms with Gasteiger partial charge in [-0.05, 0) is 11.1 Å². The molecule has 4 aromatic rings. The van der Waals surface area contributed by atoms with Crippen LogP contribution in [-0.2, 0) is 4.74 Å². The SMILES string of the molecule is OC[C@H]1O[C@@H](n2cnc3c(N[C@@H](c4ccccc4)[C@H](O)c4ccccc4)ncnc32)[C@@H](O)[C@H]1O. The first-order valence-corrected chi connectivity index (χ1v) is 10.9. The summed E-state index contributed by atoms with van der Waals surface area (Å²) in [5, 5.41) is 44.5. The van der Waals surface area contributed by atoms with Crippen molar-refractivity contribution in [3.05, 3.63) is 84.4 Å². The maximum atomic E-state index is 11.2. The zero-order valence-corrected chi connectivity index (χ0v) is 18.1. The van der Waals surface area contributed by atoms with Crippen LogP contribution in [0.15, 0.2) is 73.3 Å². The van der Waals surface area contributed by atoms with Gasteiger partial charge in [0.15, 0.2) is 23.2 Å². The van der Waals surface area contributed by atoms with Crippen molar-refractivity contribution in [1.29, 1.82) is 0 Å². The van der Waals surface area contributed by atoms with E-state index in [-0.39, 0.29) is 0 Å². The summed E-state index contributed by atoms with van der Waals surface area (Å²) in [6, 6.07) is 18.3. The van der Waals surface area contributed by atoms with E-state index in [0.717, 1.165) is 11.1 Å². The Kier molecular flexibility index (Phi) is 6.22. The summed E-state index contributed by atoms with van der Waals surface area (Å²) < 4.78 is 7.12. The van der Waals surface area contributed by atoms with Gasteiger partial charge in [-0.1, -0.05) is 60.7 Å². The third-order valence-corrected chi connectivity index (χ3v) is 6.06. The van der Waals surface area contributed by atoms with Crippen molar-refractivity contribution in [2.24, 2.45) is 0 Å². The van der Waals surface area contributed by atoms with Crippen LogP contribution in [0.25, 0.3) is 11.2 Å². The topological polar surface area (TPSA) is 146 Å². The van der Waals surface area contributed by atoms with E-state index in [4.69, 9.17) is 4.74 Å². The molecule has 10 nitrogen and oxygen atoms in total. The van der Waals surface area contributed by atoms with Gasteiger partial charge in [0.2, 0.25) is 0 Å². The van der Waals surface area contributed by atoms with E-state index < -0.39 is 43.3 Å². The van der Waals surface area contributed by atoms with Crippen LogP contribution in [0, 0.1) is 0 Å². The minimum atomic E-state index is -1.27. The fraction of sp³-hybridized carbons (Fsp3) is 0.292. The molecule has 34 heavy (non-hydrogen) atoms. The van der Waals surface area contributed by atoms with Crippen molar-refractivity contribution in [2.75, 3.05) is 11.9 Å². The highest BCUT2D eigenvalue weighted by atomic mass is 16.6. The number of aliphatic hydroxyl groups excluding tert-OH is 4. The number of nitrogens with zero attached hydrogens (tertiary/aromatic N) is 4. The van der Waals surface area contributed by atoms with Gasteiger partial charge in [-0.25, -0.2) is 15.0 Å². The summed E-state index contributed by atoms with van der Waals surface area (Å²) in [5.41, 5.74) is 2.37. The minimum Gasteiger partial charge on any atom is -0.394 e. The van der Waals surface area contributed by atoms with E-state index in [0.29, 0.717) is 17.0 Å². The van der Waals surface area contributed by atoms with E-state index in [1.807, 2.05) is 60.7 Å². The third-order valence-electron chi connectivity index (χ3n) is 6.06. The number of benzene rings is 2. The summed E-state index contributed by atoms with van der Waals surface area (Å²) in [5.74, 6) is 0.388. The Morgan fingerprint density at radius 1 is 0.912 bits per heavy atom. The number of hydrogen-bond donors (Lipinski definition) is 5. The molecule has 0 radical (unpaired) electrons. The van der Waals surface area contributed by atoms with Crippen molar-refractivity contribution < 1.29 is 25.2 Å². The van der Waals surface area contributed by atoms with Gasteiger partial charge < -0.3 is 30.5 Å². The number of imidazole rings is 1. The van der Waals surface area contributed by atoms with Crippen LogP contribution in [0.5, 0.6) is 0 Å². The number of aliphatic hydroxyl groups is 4. The van der Waals surface area contributed by atoms with Crippen LogP contribution >= 0.6 is 0 Å². The summed E-state index contributed by atoms with van der Waals surface area (Å²) in [7, 11) is 0. The second-order valence-corrected chi connectivity index (χ2v) is 8.16. The molecule has 10 heteroatoms. The van der Waals surface area contributed by atoms with Gasteiger partial charge in [0.05, 0.1) is 19.0 Å². The zero-order chi connectivity index (χ0) is 23.7. The average molecular weight is 463 g/mol. The van der Waals surface area contributed by atoms with Crippen LogP contribution < -0.4 is 5.32 Å². The number of hydrogen-bond acceptors (Lipinski definition) is 9. The second kappa shape index (κ2) is 9.45. The quantitative estimate of drug-likeness (QED) is 0.274. The van der Waals surface area contributed by atoms with E-state index in [1.54, 1.807) is 0 Å². The van der Waals surface area contributed by atoms with Crippen molar-refractivity contribution in [2.45, 2.75) is 36.7 Å². The van der Waals surface area contributed by atoms with Gasteiger partial charge in [-0.15, -0.1) is 0 Å². The molecule has 2 aromatic carbocycles. The number of nitrogens with one attached hydrogen (secondary N) is 1. The number of anilines is 1. The third kappa shape index (κ3) is 4.02. The lowest BCUT2D eigenvalue weighted by Crippen LogP contribution is -2.33. The standard InChI is InChI=1S/C24H25N5O5/c30-11-16-20(32)21(33)24(34-16)29-13-27-18-22(25-12-26-23(18)29)28-17(14-7-3-1-4-8-14)19(31)15-9-5-2-6-10-15/h1-10,12-13,16-17,19-21,24,30-33H,11H2,(H,25,26,28)/t16-,17+,19-,20+,21+,24-/m1/s1. The molecule has 5 rings (SSSR count). The normalized spacial score (nSPS) is 24.2. The molecular weight excluding hydrogens is 438 g/mol. The van der Waals surface area contributed by atoms with Gasteiger partial charge in [0, 0.05) is 0 Å². The average Bonchev–Trinajstić information content (AvgIpc) is 3.44. The van der Waals surface area contributed by atoms with E-state index in [2.05, 4.69) is 20.3 Å². The number of aromatic nitrogens is 4. The molecule has 176 valence electrons. The van der Waals surface area contributed by atoms with E-state index >= 15 is 0 Å². The molecule has 1 aliphatic heterocycles. The maximum Gasteiger partial charge on any atom is 0.167 e. The number of fused-ring (bicyclic) bond motifs is 1. The number of rotatable bonds is 7. The highest BCUT2D eigenvalue weighted by Crippen LogP contribution is 2.35. The summed E-state index contributed by atoms with van der Waals surface area (Å²) in [6.07, 6.45) is -2.48. The van der Waals surface area contributed by atoms with Gasteiger partial charge >= 0.3 is 0 Å². The molecule has 0 saturated carbocycles. The Morgan fingerprint density at radius 3 is 2.24 bits per heavy atom. The van der Waals surface area contributed by atoms with Crippen LogP contribution in [0.1, 0.15) is 29.5 Å². The molecule has 0 bridgehead atoms. The monoisotopic (exact) mass is 463 g/mol. The lowest BCUT2D eigenvalue weighted by atomic mass is 9.96. The predicted octanol–water partition coefficient (Wildman–Crippen LogP) is 1.32. The summed E-state index contributed by atoms with van der Waals surface area (Å²) in [4.78, 5) is 13.1. The first-order chi connectivity index (χ1) is 16.6. The Bertz CT molecular complexity index is 1240. The maximum absolute atomic E-state index is 11.2. The highest BCUT2D eigenvalue weighted by molar-refractivity contribution is 5.83. The Balaban J connectivity index is 1.51. The largest absolute Gasteiger partial charge is 0.394 e. The van der Waals surface area contributed by atoms with Crippen molar-refractivity contribution in [3.63, 3.8) is 0 Å². The first kappa shape index (κ1) is 22.4. The lowest BCUT2D eigenvalue weighted by molar-refractivity contribution is -0.0511. The second-order valence-electron chi connectivity index (χ2n) is 8.16. The predicted molar refractivity (Wildman–Crippen MR) is 123 cm³/mol. The molecular formula is C24H25N5O5. The lowest BCUT2D eigenvalue weighted by Gasteiger charge is -2.25.